The number of nitro groups is 1. The van der Waals surface area contributed by atoms with E-state index in [1.165, 1.54) is 12.1 Å². The summed E-state index contributed by atoms with van der Waals surface area (Å²) in [6.07, 6.45) is 1.64. The van der Waals surface area contributed by atoms with E-state index in [9.17, 15) is 32.9 Å². The SMILES string of the molecule is CSc1ccc(C(=O)NCC(=O)Nc2ccc(F)c(F)c2F)cc1[N+](=O)[O-]. The van der Waals surface area contributed by atoms with E-state index in [4.69, 9.17) is 0 Å². The van der Waals surface area contributed by atoms with Gasteiger partial charge in [-0.1, -0.05) is 0 Å². The minimum absolute atomic E-state index is 0.0497. The minimum Gasteiger partial charge on any atom is -0.343 e. The molecule has 2 N–H and O–H groups in total. The largest absolute Gasteiger partial charge is 0.343 e. The quantitative estimate of drug-likeness (QED) is 0.336. The van der Waals surface area contributed by atoms with Crippen molar-refractivity contribution in [1.29, 1.82) is 0 Å². The predicted molar refractivity (Wildman–Crippen MR) is 92.2 cm³/mol. The van der Waals surface area contributed by atoms with Crippen LogP contribution in [0.5, 0.6) is 0 Å². The molecule has 0 aliphatic heterocycles. The molecular formula is C16H12F3N3O4S. The average Bonchev–Trinajstić information content (AvgIpc) is 2.65. The Bertz CT molecular complexity index is 924. The topological polar surface area (TPSA) is 101 Å². The second-order valence-corrected chi connectivity index (χ2v) is 5.95. The second kappa shape index (κ2) is 8.54. The molecule has 2 aromatic carbocycles. The summed E-state index contributed by atoms with van der Waals surface area (Å²) in [7, 11) is 0. The predicted octanol–water partition coefficient (Wildman–Crippen LogP) is 3.10. The Hall–Kier alpha value is -3.08. The van der Waals surface area contributed by atoms with E-state index in [0.717, 1.165) is 23.9 Å². The lowest BCUT2D eigenvalue weighted by atomic mass is 10.2. The standard InChI is InChI=1S/C16H12F3N3O4S/c1-27-12-5-2-8(6-11(12)22(25)26)16(24)20-7-13(23)21-10-4-3-9(17)14(18)15(10)19/h2-6H,7H2,1H3,(H,20,24)(H,21,23). The number of nitrogens with one attached hydrogen (secondary N) is 2. The van der Waals surface area contributed by atoms with E-state index >= 15 is 0 Å². The van der Waals surface area contributed by atoms with Crippen molar-refractivity contribution in [2.75, 3.05) is 18.1 Å². The Morgan fingerprint density at radius 1 is 1.15 bits per heavy atom. The van der Waals surface area contributed by atoms with Crippen molar-refractivity contribution in [3.8, 4) is 0 Å². The van der Waals surface area contributed by atoms with Gasteiger partial charge in [0.2, 0.25) is 5.91 Å². The van der Waals surface area contributed by atoms with Crippen LogP contribution in [0.3, 0.4) is 0 Å². The van der Waals surface area contributed by atoms with Crippen molar-refractivity contribution in [2.45, 2.75) is 4.90 Å². The Kier molecular flexibility index (Phi) is 6.40. The first kappa shape index (κ1) is 20.2. The molecule has 0 fully saturated rings. The van der Waals surface area contributed by atoms with Gasteiger partial charge in [-0.05, 0) is 30.5 Å². The highest BCUT2D eigenvalue weighted by molar-refractivity contribution is 7.98. The highest BCUT2D eigenvalue weighted by atomic mass is 32.2. The zero-order valence-corrected chi connectivity index (χ0v) is 14.5. The Morgan fingerprint density at radius 3 is 2.48 bits per heavy atom. The first-order valence-electron chi connectivity index (χ1n) is 7.28. The van der Waals surface area contributed by atoms with E-state index in [1.54, 1.807) is 6.26 Å². The van der Waals surface area contributed by atoms with E-state index in [0.29, 0.717) is 11.0 Å². The van der Waals surface area contributed by atoms with Crippen LogP contribution in [-0.4, -0.2) is 29.5 Å². The third kappa shape index (κ3) is 4.76. The van der Waals surface area contributed by atoms with E-state index in [1.807, 2.05) is 5.32 Å². The molecule has 0 spiro atoms. The maximum atomic E-state index is 13.5. The van der Waals surface area contributed by atoms with Crippen molar-refractivity contribution in [3.05, 3.63) is 63.5 Å². The number of carbonyl (C=O) groups excluding carboxylic acids is 2. The minimum atomic E-state index is -1.74. The van der Waals surface area contributed by atoms with Crippen molar-refractivity contribution >= 4 is 35.0 Å². The van der Waals surface area contributed by atoms with Crippen LogP contribution in [0.15, 0.2) is 35.2 Å². The number of hydrogen-bond donors (Lipinski definition) is 2. The van der Waals surface area contributed by atoms with Crippen molar-refractivity contribution in [1.82, 2.24) is 5.32 Å². The maximum absolute atomic E-state index is 13.5. The van der Waals surface area contributed by atoms with Gasteiger partial charge in [-0.15, -0.1) is 11.8 Å². The van der Waals surface area contributed by atoms with Gasteiger partial charge in [-0.3, -0.25) is 19.7 Å². The van der Waals surface area contributed by atoms with Gasteiger partial charge in [0.1, 0.15) is 0 Å². The zero-order valence-electron chi connectivity index (χ0n) is 13.7. The van der Waals surface area contributed by atoms with Crippen molar-refractivity contribution in [3.63, 3.8) is 0 Å². The maximum Gasteiger partial charge on any atom is 0.283 e. The van der Waals surface area contributed by atoms with Crippen LogP contribution in [-0.2, 0) is 4.79 Å². The van der Waals surface area contributed by atoms with Crippen molar-refractivity contribution < 1.29 is 27.7 Å². The number of benzene rings is 2. The molecule has 0 unspecified atom stereocenters. The Labute approximate surface area is 155 Å². The summed E-state index contributed by atoms with van der Waals surface area (Å²) in [5.74, 6) is -6.39. The average molecular weight is 399 g/mol. The molecule has 0 bridgehead atoms. The molecule has 2 amide bonds. The van der Waals surface area contributed by atoms with Gasteiger partial charge >= 0.3 is 0 Å². The molecule has 0 saturated heterocycles. The van der Waals surface area contributed by atoms with E-state index in [2.05, 4.69) is 5.32 Å². The lowest BCUT2D eigenvalue weighted by Gasteiger charge is -2.09. The molecule has 0 heterocycles. The second-order valence-electron chi connectivity index (χ2n) is 5.10. The third-order valence-corrected chi connectivity index (χ3v) is 4.14. The number of rotatable bonds is 6. The normalized spacial score (nSPS) is 10.4. The molecule has 0 aliphatic rings. The summed E-state index contributed by atoms with van der Waals surface area (Å²) in [5.41, 5.74) is -0.900. The molecule has 0 aliphatic carbocycles. The number of amides is 2. The lowest BCUT2D eigenvalue weighted by molar-refractivity contribution is -0.387. The summed E-state index contributed by atoms with van der Waals surface area (Å²) >= 11 is 1.14. The number of halogens is 3. The first-order valence-corrected chi connectivity index (χ1v) is 8.51. The number of thioether (sulfide) groups is 1. The monoisotopic (exact) mass is 399 g/mol. The van der Waals surface area contributed by atoms with Crippen LogP contribution < -0.4 is 10.6 Å². The highest BCUT2D eigenvalue weighted by Crippen LogP contribution is 2.28. The van der Waals surface area contributed by atoms with Gasteiger partial charge in [0.05, 0.1) is 22.1 Å². The number of hydrogen-bond acceptors (Lipinski definition) is 5. The summed E-state index contributed by atoms with van der Waals surface area (Å²) in [5, 5.41) is 15.2. The molecule has 27 heavy (non-hydrogen) atoms. The van der Waals surface area contributed by atoms with Crippen LogP contribution >= 0.6 is 11.8 Å². The van der Waals surface area contributed by atoms with Gasteiger partial charge in [0, 0.05) is 11.6 Å². The third-order valence-electron chi connectivity index (χ3n) is 3.36. The van der Waals surface area contributed by atoms with Gasteiger partial charge in [-0.25, -0.2) is 13.2 Å². The van der Waals surface area contributed by atoms with Gasteiger partial charge < -0.3 is 10.6 Å². The molecule has 7 nitrogen and oxygen atoms in total. The smallest absolute Gasteiger partial charge is 0.283 e. The molecule has 2 aromatic rings. The lowest BCUT2D eigenvalue weighted by Crippen LogP contribution is -2.33. The van der Waals surface area contributed by atoms with E-state index in [-0.39, 0.29) is 11.3 Å². The van der Waals surface area contributed by atoms with Crippen LogP contribution in [0.25, 0.3) is 0 Å². The number of nitrogens with zero attached hydrogens (tertiary/aromatic N) is 1. The fourth-order valence-corrected chi connectivity index (χ4v) is 2.60. The molecule has 0 saturated carbocycles. The summed E-state index contributed by atoms with van der Waals surface area (Å²) < 4.78 is 39.5. The van der Waals surface area contributed by atoms with Gasteiger partial charge in [0.15, 0.2) is 17.5 Å². The molecule has 11 heteroatoms. The number of carbonyl (C=O) groups is 2. The first-order chi connectivity index (χ1) is 12.7. The van der Waals surface area contributed by atoms with Gasteiger partial charge in [-0.2, -0.15) is 0 Å². The fourth-order valence-electron chi connectivity index (χ4n) is 2.05. The molecule has 0 atom stereocenters. The van der Waals surface area contributed by atoms with E-state index < -0.39 is 46.4 Å². The van der Waals surface area contributed by atoms with Crippen LogP contribution in [0.1, 0.15) is 10.4 Å². The number of anilines is 1. The highest BCUT2D eigenvalue weighted by Gasteiger charge is 2.18. The van der Waals surface area contributed by atoms with Crippen LogP contribution in [0.2, 0.25) is 0 Å². The summed E-state index contributed by atoms with van der Waals surface area (Å²) in [6.45, 7) is -0.616. The molecular weight excluding hydrogens is 387 g/mol. The summed E-state index contributed by atoms with van der Waals surface area (Å²) in [6, 6.07) is 5.28. The zero-order chi connectivity index (χ0) is 20.1. The Balaban J connectivity index is 2.03. The molecule has 0 aromatic heterocycles. The molecule has 0 radical (unpaired) electrons. The van der Waals surface area contributed by atoms with Crippen LogP contribution in [0, 0.1) is 27.6 Å². The fraction of sp³-hybridized carbons (Fsp3) is 0.125. The molecule has 2 rings (SSSR count). The van der Waals surface area contributed by atoms with Gasteiger partial charge in [0.25, 0.3) is 11.6 Å². The molecule has 142 valence electrons. The number of nitro benzene ring substituents is 1. The van der Waals surface area contributed by atoms with Crippen LogP contribution in [0.4, 0.5) is 24.5 Å². The van der Waals surface area contributed by atoms with Crippen molar-refractivity contribution in [2.24, 2.45) is 0 Å². The summed E-state index contributed by atoms with van der Waals surface area (Å²) in [4.78, 5) is 34.5. The Morgan fingerprint density at radius 2 is 1.85 bits per heavy atom.